The SMILES string of the molecule is COC(=O)C(F)n1ccc(=O)[nH]c1=O. The Morgan fingerprint density at radius 1 is 1.64 bits per heavy atom. The summed E-state index contributed by atoms with van der Waals surface area (Å²) < 4.78 is 17.6. The number of aromatic amines is 1. The molecule has 0 bridgehead atoms. The van der Waals surface area contributed by atoms with Crippen LogP contribution in [0.15, 0.2) is 21.9 Å². The first-order valence-corrected chi connectivity index (χ1v) is 3.59. The van der Waals surface area contributed by atoms with Crippen molar-refractivity contribution in [2.45, 2.75) is 6.30 Å². The Labute approximate surface area is 76.9 Å². The summed E-state index contributed by atoms with van der Waals surface area (Å²) in [4.78, 5) is 34.1. The van der Waals surface area contributed by atoms with E-state index in [0.29, 0.717) is 4.57 Å². The van der Waals surface area contributed by atoms with Crippen LogP contribution < -0.4 is 11.2 Å². The Bertz CT molecular complexity index is 449. The average molecular weight is 202 g/mol. The minimum atomic E-state index is -2.25. The zero-order valence-corrected chi connectivity index (χ0v) is 7.19. The Morgan fingerprint density at radius 3 is 2.79 bits per heavy atom. The van der Waals surface area contributed by atoms with E-state index < -0.39 is 23.5 Å². The minimum Gasteiger partial charge on any atom is -0.465 e. The molecule has 0 aliphatic rings. The number of aromatic nitrogens is 2. The van der Waals surface area contributed by atoms with Crippen molar-refractivity contribution in [2.75, 3.05) is 7.11 Å². The largest absolute Gasteiger partial charge is 0.465 e. The van der Waals surface area contributed by atoms with E-state index in [0.717, 1.165) is 19.4 Å². The van der Waals surface area contributed by atoms with Crippen LogP contribution in [0.3, 0.4) is 0 Å². The number of halogens is 1. The van der Waals surface area contributed by atoms with E-state index in [1.165, 1.54) is 0 Å². The lowest BCUT2D eigenvalue weighted by Gasteiger charge is -2.07. The summed E-state index contributed by atoms with van der Waals surface area (Å²) >= 11 is 0. The fourth-order valence-corrected chi connectivity index (χ4v) is 0.817. The lowest BCUT2D eigenvalue weighted by atomic mass is 10.5. The number of ether oxygens (including phenoxy) is 1. The quantitative estimate of drug-likeness (QED) is 0.635. The number of methoxy groups -OCH3 is 1. The molecule has 6 nitrogen and oxygen atoms in total. The second-order valence-corrected chi connectivity index (χ2v) is 2.38. The molecule has 0 saturated carbocycles. The Balaban J connectivity index is 3.14. The van der Waals surface area contributed by atoms with Gasteiger partial charge in [-0.25, -0.2) is 14.0 Å². The van der Waals surface area contributed by atoms with Crippen molar-refractivity contribution < 1.29 is 13.9 Å². The fourth-order valence-electron chi connectivity index (χ4n) is 0.817. The molecule has 1 N–H and O–H groups in total. The van der Waals surface area contributed by atoms with Gasteiger partial charge in [0, 0.05) is 12.3 Å². The molecule has 0 spiro atoms. The standard InChI is InChI=1S/C7H7FN2O4/c1-14-6(12)5(8)10-3-2-4(11)9-7(10)13/h2-3,5H,1H3,(H,9,11,13). The summed E-state index contributed by atoms with van der Waals surface area (Å²) in [5.41, 5.74) is -1.67. The average Bonchev–Trinajstić information content (AvgIpc) is 2.15. The van der Waals surface area contributed by atoms with Crippen LogP contribution in [0.5, 0.6) is 0 Å². The lowest BCUT2D eigenvalue weighted by Crippen LogP contribution is -2.33. The molecule has 0 amide bonds. The predicted molar refractivity (Wildman–Crippen MR) is 43.5 cm³/mol. The van der Waals surface area contributed by atoms with Gasteiger partial charge in [0.2, 0.25) is 0 Å². The second-order valence-electron chi connectivity index (χ2n) is 2.38. The first kappa shape index (κ1) is 10.2. The molecule has 1 rings (SSSR count). The summed E-state index contributed by atoms with van der Waals surface area (Å²) in [6.07, 6.45) is -1.37. The van der Waals surface area contributed by atoms with Crippen LogP contribution >= 0.6 is 0 Å². The van der Waals surface area contributed by atoms with Gasteiger partial charge in [-0.3, -0.25) is 14.3 Å². The van der Waals surface area contributed by atoms with Crippen LogP contribution in [0.4, 0.5) is 4.39 Å². The highest BCUT2D eigenvalue weighted by molar-refractivity contribution is 5.72. The maximum absolute atomic E-state index is 13.1. The number of alkyl halides is 1. The second kappa shape index (κ2) is 3.86. The van der Waals surface area contributed by atoms with Crippen LogP contribution in [-0.2, 0) is 9.53 Å². The number of carbonyl (C=O) groups excluding carboxylic acids is 1. The van der Waals surface area contributed by atoms with Crippen LogP contribution in [0.25, 0.3) is 0 Å². The maximum Gasteiger partial charge on any atom is 0.362 e. The zero-order chi connectivity index (χ0) is 10.7. The molecule has 1 unspecified atom stereocenters. The third kappa shape index (κ3) is 1.87. The molecule has 1 heterocycles. The van der Waals surface area contributed by atoms with E-state index in [2.05, 4.69) is 4.74 Å². The van der Waals surface area contributed by atoms with Crippen LogP contribution in [0, 0.1) is 0 Å². The lowest BCUT2D eigenvalue weighted by molar-refractivity contribution is -0.150. The third-order valence-electron chi connectivity index (χ3n) is 1.49. The normalized spacial score (nSPS) is 12.1. The highest BCUT2D eigenvalue weighted by Crippen LogP contribution is 2.04. The van der Waals surface area contributed by atoms with E-state index in [9.17, 15) is 18.8 Å². The third-order valence-corrected chi connectivity index (χ3v) is 1.49. The monoisotopic (exact) mass is 202 g/mol. The molecule has 14 heavy (non-hydrogen) atoms. The first-order valence-electron chi connectivity index (χ1n) is 3.59. The molecule has 0 aliphatic carbocycles. The van der Waals surface area contributed by atoms with E-state index in [-0.39, 0.29) is 0 Å². The smallest absolute Gasteiger partial charge is 0.362 e. The number of carbonyl (C=O) groups is 1. The van der Waals surface area contributed by atoms with E-state index in [1.807, 2.05) is 0 Å². The van der Waals surface area contributed by atoms with Crippen molar-refractivity contribution in [2.24, 2.45) is 0 Å². The summed E-state index contributed by atoms with van der Waals surface area (Å²) in [6.45, 7) is 0. The number of H-pyrrole nitrogens is 1. The highest BCUT2D eigenvalue weighted by Gasteiger charge is 2.20. The molecule has 7 heteroatoms. The molecule has 1 atom stereocenters. The van der Waals surface area contributed by atoms with Crippen molar-refractivity contribution in [3.05, 3.63) is 33.1 Å². The van der Waals surface area contributed by atoms with Crippen molar-refractivity contribution in [3.63, 3.8) is 0 Å². The van der Waals surface area contributed by atoms with Crippen LogP contribution in [-0.4, -0.2) is 22.6 Å². The molecule has 1 aromatic rings. The van der Waals surface area contributed by atoms with Crippen LogP contribution in [0.2, 0.25) is 0 Å². The van der Waals surface area contributed by atoms with Gasteiger partial charge in [-0.15, -0.1) is 0 Å². The van der Waals surface area contributed by atoms with Gasteiger partial charge in [0.05, 0.1) is 7.11 Å². The summed E-state index contributed by atoms with van der Waals surface area (Å²) in [5, 5.41) is 0. The maximum atomic E-state index is 13.1. The molecular formula is C7H7FN2O4. The number of esters is 1. The molecule has 0 aliphatic heterocycles. The first-order chi connectivity index (χ1) is 6.56. The van der Waals surface area contributed by atoms with Crippen molar-refractivity contribution in [3.8, 4) is 0 Å². The van der Waals surface area contributed by atoms with Crippen LogP contribution in [0.1, 0.15) is 6.30 Å². The van der Waals surface area contributed by atoms with Crippen molar-refractivity contribution in [1.82, 2.24) is 9.55 Å². The zero-order valence-electron chi connectivity index (χ0n) is 7.19. The van der Waals surface area contributed by atoms with Gasteiger partial charge in [0.15, 0.2) is 0 Å². The number of rotatable bonds is 2. The molecule has 0 aromatic carbocycles. The van der Waals surface area contributed by atoms with Gasteiger partial charge >= 0.3 is 11.7 Å². The topological polar surface area (TPSA) is 81.2 Å². The van der Waals surface area contributed by atoms with E-state index in [4.69, 9.17) is 0 Å². The molecule has 0 radical (unpaired) electrons. The van der Waals surface area contributed by atoms with Gasteiger partial charge < -0.3 is 4.74 Å². The van der Waals surface area contributed by atoms with Crippen molar-refractivity contribution in [1.29, 1.82) is 0 Å². The highest BCUT2D eigenvalue weighted by atomic mass is 19.1. The van der Waals surface area contributed by atoms with Gasteiger partial charge in [-0.1, -0.05) is 0 Å². The van der Waals surface area contributed by atoms with Crippen molar-refractivity contribution >= 4 is 5.97 Å². The number of hydrogen-bond acceptors (Lipinski definition) is 4. The number of nitrogens with zero attached hydrogens (tertiary/aromatic N) is 1. The van der Waals surface area contributed by atoms with E-state index in [1.54, 1.807) is 4.98 Å². The van der Waals surface area contributed by atoms with Gasteiger partial charge in [0.25, 0.3) is 11.9 Å². The number of hydrogen-bond donors (Lipinski definition) is 1. The molecule has 0 saturated heterocycles. The minimum absolute atomic E-state index is 0.424. The van der Waals surface area contributed by atoms with Gasteiger partial charge in [-0.2, -0.15) is 0 Å². The Morgan fingerprint density at radius 2 is 2.29 bits per heavy atom. The predicted octanol–water partition coefficient (Wildman–Crippen LogP) is -0.822. The summed E-state index contributed by atoms with van der Waals surface area (Å²) in [7, 11) is 0.992. The Kier molecular flexibility index (Phi) is 2.80. The summed E-state index contributed by atoms with van der Waals surface area (Å²) in [5.74, 6) is -1.21. The molecule has 0 fully saturated rings. The van der Waals surface area contributed by atoms with Gasteiger partial charge in [-0.05, 0) is 0 Å². The Hall–Kier alpha value is -1.92. The van der Waals surface area contributed by atoms with E-state index >= 15 is 0 Å². The molecule has 1 aromatic heterocycles. The number of nitrogens with one attached hydrogen (secondary N) is 1. The summed E-state index contributed by atoms with van der Waals surface area (Å²) in [6, 6.07) is 0.928. The van der Waals surface area contributed by atoms with Gasteiger partial charge in [0.1, 0.15) is 0 Å². The fraction of sp³-hybridized carbons (Fsp3) is 0.286. The molecular weight excluding hydrogens is 195 g/mol. The molecule has 76 valence electrons.